The molecule has 0 atom stereocenters. The quantitative estimate of drug-likeness (QED) is 0.176. The number of para-hydroxylation sites is 2. The zero-order valence-corrected chi connectivity index (χ0v) is 26.2. The predicted molar refractivity (Wildman–Crippen MR) is 204 cm³/mol. The van der Waals surface area contributed by atoms with Gasteiger partial charge in [0.1, 0.15) is 0 Å². The van der Waals surface area contributed by atoms with Crippen LogP contribution in [-0.4, -0.2) is 4.57 Å². The highest BCUT2D eigenvalue weighted by molar-refractivity contribution is 6.27. The van der Waals surface area contributed by atoms with Crippen LogP contribution in [0.2, 0.25) is 0 Å². The van der Waals surface area contributed by atoms with Gasteiger partial charge in [0, 0.05) is 16.5 Å². The van der Waals surface area contributed by atoms with Gasteiger partial charge in [-0.05, 0) is 108 Å². The van der Waals surface area contributed by atoms with Crippen molar-refractivity contribution in [2.24, 2.45) is 0 Å². The topological polar surface area (TPSA) is 4.93 Å². The first kappa shape index (κ1) is 25.9. The molecule has 0 unspecified atom stereocenters. The molecule has 0 saturated carbocycles. The highest BCUT2D eigenvalue weighted by Crippen LogP contribution is 2.46. The van der Waals surface area contributed by atoms with Crippen molar-refractivity contribution in [3.63, 3.8) is 0 Å². The second kappa shape index (κ2) is 9.67. The molecular weight excluding hydrogens is 579 g/mol. The van der Waals surface area contributed by atoms with Gasteiger partial charge in [-0.3, -0.25) is 0 Å². The van der Waals surface area contributed by atoms with Crippen LogP contribution >= 0.6 is 0 Å². The van der Waals surface area contributed by atoms with Crippen molar-refractivity contribution >= 4 is 54.1 Å². The summed E-state index contributed by atoms with van der Waals surface area (Å²) in [7, 11) is 0. The van der Waals surface area contributed by atoms with E-state index in [0.29, 0.717) is 0 Å². The molecule has 9 aromatic carbocycles. The predicted octanol–water partition coefficient (Wildman–Crippen LogP) is 12.6. The first-order chi connectivity index (χ1) is 23.8. The van der Waals surface area contributed by atoms with Crippen molar-refractivity contribution in [3.05, 3.63) is 175 Å². The number of nitrogens with zero attached hydrogens (tertiary/aromatic N) is 1. The third-order valence-corrected chi connectivity index (χ3v) is 10.8. The molecule has 0 saturated heterocycles. The van der Waals surface area contributed by atoms with E-state index < -0.39 is 0 Å². The van der Waals surface area contributed by atoms with E-state index in [1.165, 1.54) is 104 Å². The van der Waals surface area contributed by atoms with Crippen LogP contribution in [0.25, 0.3) is 93.2 Å². The molecule has 0 fully saturated rings. The van der Waals surface area contributed by atoms with Crippen LogP contribution in [0.15, 0.2) is 164 Å². The highest BCUT2D eigenvalue weighted by Gasteiger charge is 2.23. The number of hydrogen-bond acceptors (Lipinski definition) is 0. The molecule has 1 aliphatic carbocycles. The highest BCUT2D eigenvalue weighted by atomic mass is 15.0. The van der Waals surface area contributed by atoms with Crippen molar-refractivity contribution in [1.82, 2.24) is 4.57 Å². The lowest BCUT2D eigenvalue weighted by atomic mass is 9.86. The Morgan fingerprint density at radius 2 is 0.896 bits per heavy atom. The van der Waals surface area contributed by atoms with Crippen LogP contribution in [0.3, 0.4) is 0 Å². The summed E-state index contributed by atoms with van der Waals surface area (Å²) in [6.45, 7) is 0. The Labute approximate surface area is 278 Å². The Morgan fingerprint density at radius 3 is 1.60 bits per heavy atom. The zero-order valence-electron chi connectivity index (χ0n) is 26.2. The SMILES string of the molecule is c1ccc2c(c1)Cc1c-2cccc1-c1ccc2ccc3c(-c4ccc(-n5c6ccccc6c6ccccc65)cc4)ccc4ccc1c2c43. The first-order valence-electron chi connectivity index (χ1n) is 16.8. The molecule has 0 amide bonds. The molecule has 0 radical (unpaired) electrons. The van der Waals surface area contributed by atoms with Gasteiger partial charge in [0.05, 0.1) is 11.0 Å². The minimum Gasteiger partial charge on any atom is -0.309 e. The van der Waals surface area contributed by atoms with Gasteiger partial charge in [-0.25, -0.2) is 0 Å². The summed E-state index contributed by atoms with van der Waals surface area (Å²) in [5, 5.41) is 10.5. The summed E-state index contributed by atoms with van der Waals surface area (Å²) >= 11 is 0. The van der Waals surface area contributed by atoms with Crippen LogP contribution in [0.5, 0.6) is 0 Å². The Bertz CT molecular complexity index is 2850. The fourth-order valence-corrected chi connectivity index (χ4v) is 8.69. The van der Waals surface area contributed by atoms with Crippen LogP contribution in [-0.2, 0) is 6.42 Å². The molecule has 11 rings (SSSR count). The molecular formula is C47H29N. The molecule has 1 heterocycles. The number of hydrogen-bond donors (Lipinski definition) is 0. The molecule has 48 heavy (non-hydrogen) atoms. The molecule has 1 aromatic heterocycles. The summed E-state index contributed by atoms with van der Waals surface area (Å²) in [4.78, 5) is 0. The van der Waals surface area contributed by atoms with E-state index in [-0.39, 0.29) is 0 Å². The lowest BCUT2D eigenvalue weighted by Gasteiger charge is -2.18. The summed E-state index contributed by atoms with van der Waals surface area (Å²) in [6, 6.07) is 60.9. The second-order valence-electron chi connectivity index (χ2n) is 13.2. The maximum Gasteiger partial charge on any atom is 0.0541 e. The van der Waals surface area contributed by atoms with Crippen LogP contribution in [0.4, 0.5) is 0 Å². The van der Waals surface area contributed by atoms with E-state index in [0.717, 1.165) is 6.42 Å². The maximum atomic E-state index is 2.39. The standard InChI is InChI=1S/C47H29N/c1-2-9-34-32(8-1)28-43-36(34)12-7-13-37(43)38-25-19-31-20-26-41-35(24-18-30-21-27-42(38)47(31)46(30)41)29-16-22-33(23-17-29)48-44-14-5-3-10-39(44)40-11-4-6-15-45(40)48/h1-27H,28H2. The van der Waals surface area contributed by atoms with Crippen molar-refractivity contribution in [3.8, 4) is 39.1 Å². The Morgan fingerprint density at radius 1 is 0.354 bits per heavy atom. The van der Waals surface area contributed by atoms with Gasteiger partial charge in [-0.2, -0.15) is 0 Å². The molecule has 0 spiro atoms. The first-order valence-corrected chi connectivity index (χ1v) is 16.8. The number of fused-ring (bicyclic) bond motifs is 6. The smallest absolute Gasteiger partial charge is 0.0541 e. The lowest BCUT2D eigenvalue weighted by molar-refractivity contribution is 1.18. The van der Waals surface area contributed by atoms with Crippen LogP contribution in [0.1, 0.15) is 11.1 Å². The largest absolute Gasteiger partial charge is 0.309 e. The third-order valence-electron chi connectivity index (χ3n) is 10.8. The monoisotopic (exact) mass is 607 g/mol. The third kappa shape index (κ3) is 3.51. The molecule has 1 aliphatic rings. The summed E-state index contributed by atoms with van der Waals surface area (Å²) in [5.74, 6) is 0. The molecule has 10 aromatic rings. The number of aromatic nitrogens is 1. The zero-order chi connectivity index (χ0) is 31.3. The molecule has 1 heteroatoms. The van der Waals surface area contributed by atoms with Gasteiger partial charge >= 0.3 is 0 Å². The van der Waals surface area contributed by atoms with Gasteiger partial charge in [0.2, 0.25) is 0 Å². The Hall–Kier alpha value is -6.18. The van der Waals surface area contributed by atoms with E-state index in [1.807, 2.05) is 0 Å². The maximum absolute atomic E-state index is 2.39. The molecule has 0 bridgehead atoms. The van der Waals surface area contributed by atoms with Crippen molar-refractivity contribution in [2.45, 2.75) is 6.42 Å². The summed E-state index contributed by atoms with van der Waals surface area (Å²) < 4.78 is 2.39. The van der Waals surface area contributed by atoms with Crippen molar-refractivity contribution in [2.75, 3.05) is 0 Å². The Kier molecular flexibility index (Phi) is 5.23. The van der Waals surface area contributed by atoms with E-state index >= 15 is 0 Å². The van der Waals surface area contributed by atoms with Gasteiger partial charge in [0.15, 0.2) is 0 Å². The minimum atomic E-state index is 0.985. The molecule has 0 N–H and O–H groups in total. The molecule has 1 nitrogen and oxygen atoms in total. The van der Waals surface area contributed by atoms with E-state index in [1.54, 1.807) is 0 Å². The average Bonchev–Trinajstić information content (AvgIpc) is 3.70. The fourth-order valence-electron chi connectivity index (χ4n) is 8.69. The lowest BCUT2D eigenvalue weighted by Crippen LogP contribution is -1.94. The van der Waals surface area contributed by atoms with E-state index in [9.17, 15) is 0 Å². The summed E-state index contributed by atoms with van der Waals surface area (Å²) in [5.41, 5.74) is 14.4. The average molecular weight is 608 g/mol. The van der Waals surface area contributed by atoms with Gasteiger partial charge < -0.3 is 4.57 Å². The van der Waals surface area contributed by atoms with E-state index in [2.05, 4.69) is 168 Å². The Balaban J connectivity index is 1.08. The molecule has 0 aliphatic heterocycles. The van der Waals surface area contributed by atoms with Crippen LogP contribution in [0, 0.1) is 0 Å². The molecule has 222 valence electrons. The minimum absolute atomic E-state index is 0.985. The number of benzene rings is 9. The summed E-state index contributed by atoms with van der Waals surface area (Å²) in [6.07, 6.45) is 0.985. The second-order valence-corrected chi connectivity index (χ2v) is 13.2. The van der Waals surface area contributed by atoms with Crippen LogP contribution < -0.4 is 0 Å². The van der Waals surface area contributed by atoms with Crippen molar-refractivity contribution < 1.29 is 0 Å². The van der Waals surface area contributed by atoms with E-state index in [4.69, 9.17) is 0 Å². The van der Waals surface area contributed by atoms with Gasteiger partial charge in [-0.15, -0.1) is 0 Å². The number of rotatable bonds is 3. The van der Waals surface area contributed by atoms with Gasteiger partial charge in [0.25, 0.3) is 0 Å². The normalized spacial score (nSPS) is 12.5. The fraction of sp³-hybridized carbons (Fsp3) is 0.0213. The van der Waals surface area contributed by atoms with Crippen molar-refractivity contribution in [1.29, 1.82) is 0 Å². The van der Waals surface area contributed by atoms with Gasteiger partial charge in [-0.1, -0.05) is 140 Å².